The molecule has 0 unspecified atom stereocenters. The van der Waals surface area contributed by atoms with Crippen LogP contribution in [0.5, 0.6) is 0 Å². The van der Waals surface area contributed by atoms with Gasteiger partial charge >= 0.3 is 0 Å². The van der Waals surface area contributed by atoms with Gasteiger partial charge in [0.15, 0.2) is 0 Å². The van der Waals surface area contributed by atoms with E-state index in [1.54, 1.807) is 17.0 Å². The van der Waals surface area contributed by atoms with Crippen molar-refractivity contribution in [2.24, 2.45) is 11.3 Å². The highest BCUT2D eigenvalue weighted by Crippen LogP contribution is 2.47. The third-order valence-electron chi connectivity index (χ3n) is 8.40. The number of carbonyl (C=O) groups excluding carboxylic acids is 3. The van der Waals surface area contributed by atoms with Crippen LogP contribution in [-0.2, 0) is 9.59 Å². The van der Waals surface area contributed by atoms with Crippen molar-refractivity contribution in [3.63, 3.8) is 0 Å². The Morgan fingerprint density at radius 1 is 1.24 bits per heavy atom. The Balaban J connectivity index is 1.37. The standard InChI is InChI=1S/C28H34ClN5O3/c1-27(2)13-18(24(35)33-27)11-19(15-30)31-25(36)22-14-28(9-4-3-5-10-28)16-34(22)26(37)21-12-17-7-6-8-20(29)23(17)32-21/h6-8,12,18-19,22,32H,3-5,9-11,13-14,16H2,1-2H3,(H,31,36)(H,33,35)/t18-,19+,22+/m1/s1. The van der Waals surface area contributed by atoms with Crippen LogP contribution in [0.4, 0.5) is 0 Å². The van der Waals surface area contributed by atoms with E-state index in [1.165, 1.54) is 6.42 Å². The lowest BCUT2D eigenvalue weighted by atomic mass is 9.72. The molecule has 2 aliphatic heterocycles. The molecule has 0 bridgehead atoms. The van der Waals surface area contributed by atoms with Crippen LogP contribution in [0.25, 0.3) is 10.9 Å². The molecule has 5 rings (SSSR count). The maximum atomic E-state index is 13.8. The molecule has 3 N–H and O–H groups in total. The van der Waals surface area contributed by atoms with Gasteiger partial charge in [-0.1, -0.05) is 43.0 Å². The molecule has 3 aliphatic rings. The Hall–Kier alpha value is -3.05. The molecule has 196 valence electrons. The van der Waals surface area contributed by atoms with E-state index in [1.807, 2.05) is 26.0 Å². The molecule has 9 heteroatoms. The van der Waals surface area contributed by atoms with Crippen LogP contribution < -0.4 is 10.6 Å². The summed E-state index contributed by atoms with van der Waals surface area (Å²) in [4.78, 5) is 44.6. The summed E-state index contributed by atoms with van der Waals surface area (Å²) < 4.78 is 0. The molecule has 2 aromatic rings. The highest BCUT2D eigenvalue weighted by Gasteiger charge is 2.49. The van der Waals surface area contributed by atoms with Gasteiger partial charge in [0.2, 0.25) is 11.8 Å². The normalized spacial score (nSPS) is 25.1. The fraction of sp³-hybridized carbons (Fsp3) is 0.571. The van der Waals surface area contributed by atoms with E-state index >= 15 is 0 Å². The SMILES string of the molecule is CC1(C)C[C@@H](C[C@@H](C#N)NC(=O)[C@@H]2CC3(CCCCC3)CN2C(=O)c2cc3cccc(Cl)c3[nH]2)C(=O)N1. The molecule has 1 spiro atoms. The number of halogens is 1. The maximum absolute atomic E-state index is 13.8. The number of amides is 3. The van der Waals surface area contributed by atoms with Crippen molar-refractivity contribution < 1.29 is 14.4 Å². The minimum absolute atomic E-state index is 0.0862. The van der Waals surface area contributed by atoms with Gasteiger partial charge in [0.1, 0.15) is 17.8 Å². The minimum Gasteiger partial charge on any atom is -0.351 e. The first-order valence-corrected chi connectivity index (χ1v) is 13.6. The molecule has 0 radical (unpaired) electrons. The van der Waals surface area contributed by atoms with E-state index in [0.29, 0.717) is 35.6 Å². The second-order valence-corrected chi connectivity index (χ2v) is 12.2. The van der Waals surface area contributed by atoms with Crippen LogP contribution in [0.15, 0.2) is 24.3 Å². The molecule has 37 heavy (non-hydrogen) atoms. The first-order valence-electron chi connectivity index (χ1n) is 13.2. The molecule has 2 saturated heterocycles. The summed E-state index contributed by atoms with van der Waals surface area (Å²) >= 11 is 6.32. The molecule has 1 aromatic carbocycles. The summed E-state index contributed by atoms with van der Waals surface area (Å²) in [5.41, 5.74) is 0.686. The van der Waals surface area contributed by atoms with Crippen molar-refractivity contribution in [3.05, 3.63) is 35.0 Å². The van der Waals surface area contributed by atoms with Crippen molar-refractivity contribution in [2.75, 3.05) is 6.54 Å². The number of likely N-dealkylation sites (tertiary alicyclic amines) is 1. The van der Waals surface area contributed by atoms with E-state index in [4.69, 9.17) is 11.6 Å². The molecule has 3 atom stereocenters. The number of rotatable bonds is 5. The lowest BCUT2D eigenvalue weighted by Gasteiger charge is -2.32. The van der Waals surface area contributed by atoms with Crippen molar-refractivity contribution in [1.29, 1.82) is 5.26 Å². The van der Waals surface area contributed by atoms with Gasteiger partial charge in [0.25, 0.3) is 5.91 Å². The van der Waals surface area contributed by atoms with E-state index in [2.05, 4.69) is 21.7 Å². The van der Waals surface area contributed by atoms with Gasteiger partial charge in [0.05, 0.1) is 16.6 Å². The van der Waals surface area contributed by atoms with Gasteiger partial charge in [-0.15, -0.1) is 0 Å². The van der Waals surface area contributed by atoms with Crippen LogP contribution in [0.3, 0.4) is 0 Å². The largest absolute Gasteiger partial charge is 0.351 e. The Morgan fingerprint density at radius 3 is 2.65 bits per heavy atom. The smallest absolute Gasteiger partial charge is 0.271 e. The number of nitrogens with zero attached hydrogens (tertiary/aromatic N) is 2. The summed E-state index contributed by atoms with van der Waals surface area (Å²) in [6.45, 7) is 4.42. The number of nitrogens with one attached hydrogen (secondary N) is 3. The highest BCUT2D eigenvalue weighted by molar-refractivity contribution is 6.35. The number of para-hydroxylation sites is 1. The Kier molecular flexibility index (Phi) is 6.70. The predicted molar refractivity (Wildman–Crippen MR) is 141 cm³/mol. The van der Waals surface area contributed by atoms with Gasteiger partial charge in [-0.3, -0.25) is 14.4 Å². The summed E-state index contributed by atoms with van der Waals surface area (Å²) in [7, 11) is 0. The fourth-order valence-electron chi connectivity index (χ4n) is 6.64. The van der Waals surface area contributed by atoms with E-state index in [9.17, 15) is 19.6 Å². The number of hydrogen-bond donors (Lipinski definition) is 3. The molecule has 8 nitrogen and oxygen atoms in total. The third-order valence-corrected chi connectivity index (χ3v) is 8.72. The van der Waals surface area contributed by atoms with E-state index in [-0.39, 0.29) is 41.0 Å². The van der Waals surface area contributed by atoms with Crippen molar-refractivity contribution in [1.82, 2.24) is 20.5 Å². The second-order valence-electron chi connectivity index (χ2n) is 11.8. The molecular formula is C28H34ClN5O3. The quantitative estimate of drug-likeness (QED) is 0.541. The lowest BCUT2D eigenvalue weighted by Crippen LogP contribution is -2.49. The molecule has 3 heterocycles. The van der Waals surface area contributed by atoms with Crippen LogP contribution in [0.1, 0.15) is 75.7 Å². The molecule has 3 amide bonds. The van der Waals surface area contributed by atoms with Crippen molar-refractivity contribution in [3.8, 4) is 6.07 Å². The first-order chi connectivity index (χ1) is 17.6. The number of aromatic nitrogens is 1. The molecular weight excluding hydrogens is 490 g/mol. The number of benzene rings is 1. The van der Waals surface area contributed by atoms with Crippen LogP contribution in [0.2, 0.25) is 5.02 Å². The Bertz CT molecular complexity index is 1270. The predicted octanol–water partition coefficient (Wildman–Crippen LogP) is 4.30. The zero-order valence-corrected chi connectivity index (χ0v) is 22.2. The van der Waals surface area contributed by atoms with Gasteiger partial charge < -0.3 is 20.5 Å². The minimum atomic E-state index is -0.802. The summed E-state index contributed by atoms with van der Waals surface area (Å²) in [5, 5.41) is 17.0. The number of H-pyrrole nitrogens is 1. The molecule has 1 aliphatic carbocycles. The monoisotopic (exact) mass is 523 g/mol. The number of carbonyl (C=O) groups is 3. The number of aromatic amines is 1. The topological polar surface area (TPSA) is 118 Å². The van der Waals surface area contributed by atoms with Gasteiger partial charge in [0, 0.05) is 23.4 Å². The maximum Gasteiger partial charge on any atom is 0.271 e. The summed E-state index contributed by atoms with van der Waals surface area (Å²) in [6.07, 6.45) is 6.77. The molecule has 3 fully saturated rings. The highest BCUT2D eigenvalue weighted by atomic mass is 35.5. The van der Waals surface area contributed by atoms with Crippen LogP contribution in [-0.4, -0.2) is 51.8 Å². The summed E-state index contributed by atoms with van der Waals surface area (Å²) in [5.74, 6) is -0.979. The summed E-state index contributed by atoms with van der Waals surface area (Å²) in [6, 6.07) is 7.97. The Labute approximate surface area is 222 Å². The lowest BCUT2D eigenvalue weighted by molar-refractivity contribution is -0.126. The number of nitriles is 1. The van der Waals surface area contributed by atoms with Crippen molar-refractivity contribution >= 4 is 40.2 Å². The van der Waals surface area contributed by atoms with Crippen LogP contribution >= 0.6 is 11.6 Å². The zero-order valence-electron chi connectivity index (χ0n) is 21.4. The zero-order chi connectivity index (χ0) is 26.4. The number of fused-ring (bicyclic) bond motifs is 1. The third kappa shape index (κ3) is 5.06. The Morgan fingerprint density at radius 2 is 2.00 bits per heavy atom. The van der Waals surface area contributed by atoms with E-state index < -0.39 is 12.1 Å². The van der Waals surface area contributed by atoms with Gasteiger partial charge in [-0.2, -0.15) is 5.26 Å². The fourth-order valence-corrected chi connectivity index (χ4v) is 6.87. The first kappa shape index (κ1) is 25.6. The van der Waals surface area contributed by atoms with Crippen LogP contribution in [0, 0.1) is 22.7 Å². The average molecular weight is 524 g/mol. The van der Waals surface area contributed by atoms with Crippen molar-refractivity contribution in [2.45, 2.75) is 82.8 Å². The average Bonchev–Trinajstić information content (AvgIpc) is 3.52. The molecule has 1 aromatic heterocycles. The number of hydrogen-bond acceptors (Lipinski definition) is 4. The van der Waals surface area contributed by atoms with Gasteiger partial charge in [-0.25, -0.2) is 0 Å². The second kappa shape index (κ2) is 9.68. The molecule has 1 saturated carbocycles. The van der Waals surface area contributed by atoms with E-state index in [0.717, 1.165) is 31.1 Å². The van der Waals surface area contributed by atoms with Gasteiger partial charge in [-0.05, 0) is 63.5 Å².